The number of hydrogen-bond acceptors (Lipinski definition) is 9. The SMILES string of the molecule is Cc1nnc2sc3c(NCc4ccc(OCC(C)(C)O)nc4)ncnc3c2c1C. The Kier molecular flexibility index (Phi) is 5.01. The van der Waals surface area contributed by atoms with Gasteiger partial charge in [-0.1, -0.05) is 6.07 Å². The normalized spacial score (nSPS) is 11.9. The van der Waals surface area contributed by atoms with Gasteiger partial charge in [-0.05, 0) is 38.8 Å². The Morgan fingerprint density at radius 2 is 1.97 bits per heavy atom. The number of thiophene rings is 1. The molecule has 0 spiro atoms. The first kappa shape index (κ1) is 19.4. The topological polar surface area (TPSA) is 106 Å². The van der Waals surface area contributed by atoms with Crippen LogP contribution in [0.3, 0.4) is 0 Å². The Hall–Kier alpha value is -2.91. The monoisotopic (exact) mass is 410 g/mol. The van der Waals surface area contributed by atoms with E-state index in [0.29, 0.717) is 12.4 Å². The van der Waals surface area contributed by atoms with Crippen molar-refractivity contribution < 1.29 is 9.84 Å². The molecule has 0 aliphatic carbocycles. The van der Waals surface area contributed by atoms with Crippen LogP contribution >= 0.6 is 11.3 Å². The second-order valence-corrected chi connectivity index (χ2v) is 8.55. The standard InChI is InChI=1S/C20H22N6O2S/c1-11-12(2)25-26-19-15(11)16-17(29-19)18(24-10-23-16)22-8-13-5-6-14(21-7-13)28-9-20(3,4)27/h5-7,10,27H,8-9H2,1-4H3,(H,22,23,24). The minimum Gasteiger partial charge on any atom is -0.475 e. The maximum atomic E-state index is 9.73. The number of pyridine rings is 1. The van der Waals surface area contributed by atoms with Crippen LogP contribution < -0.4 is 10.1 Å². The third-order valence-corrected chi connectivity index (χ3v) is 5.56. The van der Waals surface area contributed by atoms with E-state index in [2.05, 4.69) is 30.5 Å². The third kappa shape index (κ3) is 4.10. The van der Waals surface area contributed by atoms with Crippen molar-refractivity contribution in [1.29, 1.82) is 0 Å². The average Bonchev–Trinajstić information content (AvgIpc) is 3.08. The number of ether oxygens (including phenoxy) is 1. The zero-order valence-electron chi connectivity index (χ0n) is 16.7. The highest BCUT2D eigenvalue weighted by molar-refractivity contribution is 7.25. The van der Waals surface area contributed by atoms with Crippen LogP contribution in [0.15, 0.2) is 24.7 Å². The molecule has 0 aliphatic heterocycles. The quantitative estimate of drug-likeness (QED) is 0.498. The summed E-state index contributed by atoms with van der Waals surface area (Å²) in [7, 11) is 0. The molecule has 0 saturated carbocycles. The molecule has 0 aromatic carbocycles. The molecule has 9 heteroatoms. The summed E-state index contributed by atoms with van der Waals surface area (Å²) in [6, 6.07) is 3.72. The molecule has 0 aliphatic rings. The molecular weight excluding hydrogens is 388 g/mol. The molecule has 4 aromatic rings. The predicted molar refractivity (Wildman–Crippen MR) is 113 cm³/mol. The Balaban J connectivity index is 1.54. The van der Waals surface area contributed by atoms with Crippen molar-refractivity contribution in [1.82, 2.24) is 25.1 Å². The third-order valence-electron chi connectivity index (χ3n) is 4.49. The fourth-order valence-corrected chi connectivity index (χ4v) is 3.95. The van der Waals surface area contributed by atoms with Crippen LogP contribution in [0.4, 0.5) is 5.82 Å². The van der Waals surface area contributed by atoms with Crippen molar-refractivity contribution in [3.63, 3.8) is 0 Å². The van der Waals surface area contributed by atoms with E-state index < -0.39 is 5.60 Å². The first-order chi connectivity index (χ1) is 13.8. The average molecular weight is 411 g/mol. The van der Waals surface area contributed by atoms with Gasteiger partial charge >= 0.3 is 0 Å². The van der Waals surface area contributed by atoms with Crippen molar-refractivity contribution in [2.24, 2.45) is 0 Å². The van der Waals surface area contributed by atoms with Crippen LogP contribution in [0, 0.1) is 13.8 Å². The first-order valence-corrected chi connectivity index (χ1v) is 10.0. The molecule has 0 radical (unpaired) electrons. The van der Waals surface area contributed by atoms with Gasteiger partial charge in [0, 0.05) is 24.2 Å². The maximum absolute atomic E-state index is 9.73. The van der Waals surface area contributed by atoms with Gasteiger partial charge in [-0.25, -0.2) is 15.0 Å². The predicted octanol–water partition coefficient (Wildman–Crippen LogP) is 3.41. The van der Waals surface area contributed by atoms with E-state index >= 15 is 0 Å². The summed E-state index contributed by atoms with van der Waals surface area (Å²) in [6.45, 7) is 8.12. The molecule has 8 nitrogen and oxygen atoms in total. The van der Waals surface area contributed by atoms with Crippen LogP contribution in [0.25, 0.3) is 20.4 Å². The lowest BCUT2D eigenvalue weighted by molar-refractivity contribution is 0.0268. The summed E-state index contributed by atoms with van der Waals surface area (Å²) in [5, 5.41) is 22.7. The summed E-state index contributed by atoms with van der Waals surface area (Å²) in [5.41, 5.74) is 2.98. The molecule has 0 unspecified atom stereocenters. The lowest BCUT2D eigenvalue weighted by atomic mass is 10.1. The van der Waals surface area contributed by atoms with Crippen molar-refractivity contribution in [3.05, 3.63) is 41.5 Å². The Labute approximate surface area is 172 Å². The van der Waals surface area contributed by atoms with Crippen molar-refractivity contribution in [3.8, 4) is 5.88 Å². The molecule has 0 saturated heterocycles. The Morgan fingerprint density at radius 3 is 2.69 bits per heavy atom. The van der Waals surface area contributed by atoms with Crippen molar-refractivity contribution in [2.45, 2.75) is 39.8 Å². The number of hydrogen-bond donors (Lipinski definition) is 2. The van der Waals surface area contributed by atoms with Gasteiger partial charge < -0.3 is 15.2 Å². The van der Waals surface area contributed by atoms with Crippen LogP contribution in [-0.4, -0.2) is 42.5 Å². The molecule has 0 bridgehead atoms. The molecular formula is C20H22N6O2S. The highest BCUT2D eigenvalue weighted by Crippen LogP contribution is 2.36. The highest BCUT2D eigenvalue weighted by Gasteiger charge is 2.16. The number of nitrogens with zero attached hydrogens (tertiary/aromatic N) is 5. The molecule has 2 N–H and O–H groups in total. The molecule has 0 fully saturated rings. The summed E-state index contributed by atoms with van der Waals surface area (Å²) >= 11 is 1.54. The fraction of sp³-hybridized carbons (Fsp3) is 0.350. The van der Waals surface area contributed by atoms with E-state index in [-0.39, 0.29) is 6.61 Å². The van der Waals surface area contributed by atoms with E-state index in [1.807, 2.05) is 19.9 Å². The van der Waals surface area contributed by atoms with Gasteiger partial charge in [-0.15, -0.1) is 16.4 Å². The molecule has 0 atom stereocenters. The number of fused-ring (bicyclic) bond motifs is 3. The minimum atomic E-state index is -0.897. The van der Waals surface area contributed by atoms with Crippen molar-refractivity contribution >= 4 is 37.6 Å². The smallest absolute Gasteiger partial charge is 0.213 e. The zero-order valence-corrected chi connectivity index (χ0v) is 17.5. The number of aryl methyl sites for hydroxylation is 2. The highest BCUT2D eigenvalue weighted by atomic mass is 32.1. The van der Waals surface area contributed by atoms with Crippen LogP contribution in [0.5, 0.6) is 5.88 Å². The minimum absolute atomic E-state index is 0.185. The van der Waals surface area contributed by atoms with E-state index in [1.165, 1.54) is 11.3 Å². The largest absolute Gasteiger partial charge is 0.475 e. The molecule has 150 valence electrons. The lowest BCUT2D eigenvalue weighted by Gasteiger charge is -2.17. The van der Waals surface area contributed by atoms with Crippen molar-refractivity contribution in [2.75, 3.05) is 11.9 Å². The summed E-state index contributed by atoms with van der Waals surface area (Å²) < 4.78 is 6.45. The number of aromatic nitrogens is 5. The summed E-state index contributed by atoms with van der Waals surface area (Å²) in [4.78, 5) is 14.0. The van der Waals surface area contributed by atoms with Gasteiger partial charge in [0.05, 0.1) is 21.5 Å². The Morgan fingerprint density at radius 1 is 1.14 bits per heavy atom. The first-order valence-electron chi connectivity index (χ1n) is 9.23. The summed E-state index contributed by atoms with van der Waals surface area (Å²) in [6.07, 6.45) is 3.31. The summed E-state index contributed by atoms with van der Waals surface area (Å²) in [5.74, 6) is 1.24. The van der Waals surface area contributed by atoms with Gasteiger partial charge in [0.25, 0.3) is 0 Å². The van der Waals surface area contributed by atoms with E-state index in [4.69, 9.17) is 4.74 Å². The van der Waals surface area contributed by atoms with Gasteiger partial charge in [0.2, 0.25) is 5.88 Å². The van der Waals surface area contributed by atoms with Gasteiger partial charge in [0.15, 0.2) is 0 Å². The molecule has 4 heterocycles. The van der Waals surface area contributed by atoms with E-state index in [1.54, 1.807) is 32.4 Å². The Bertz CT molecular complexity index is 1170. The maximum Gasteiger partial charge on any atom is 0.213 e. The van der Waals surface area contributed by atoms with Gasteiger partial charge in [0.1, 0.15) is 23.6 Å². The number of aliphatic hydroxyl groups is 1. The van der Waals surface area contributed by atoms with Crippen LogP contribution in [-0.2, 0) is 6.54 Å². The van der Waals surface area contributed by atoms with Crippen LogP contribution in [0.2, 0.25) is 0 Å². The molecule has 0 amide bonds. The second kappa shape index (κ2) is 7.49. The van der Waals surface area contributed by atoms with E-state index in [9.17, 15) is 5.11 Å². The fourth-order valence-electron chi connectivity index (χ4n) is 2.85. The zero-order chi connectivity index (χ0) is 20.6. The number of nitrogens with one attached hydrogen (secondary N) is 1. The number of rotatable bonds is 6. The lowest BCUT2D eigenvalue weighted by Crippen LogP contribution is -2.28. The van der Waals surface area contributed by atoms with Gasteiger partial charge in [-0.2, -0.15) is 5.10 Å². The molecule has 4 aromatic heterocycles. The van der Waals surface area contributed by atoms with Crippen LogP contribution in [0.1, 0.15) is 30.7 Å². The second-order valence-electron chi connectivity index (χ2n) is 7.55. The number of anilines is 1. The van der Waals surface area contributed by atoms with E-state index in [0.717, 1.165) is 43.1 Å². The molecule has 29 heavy (non-hydrogen) atoms. The van der Waals surface area contributed by atoms with Gasteiger partial charge in [-0.3, -0.25) is 0 Å². The molecule has 4 rings (SSSR count).